The minimum Gasteiger partial charge on any atom is -0.493 e. The Balaban J connectivity index is 2.69. The molecule has 1 aromatic carbocycles. The van der Waals surface area contributed by atoms with Crippen LogP contribution in [0.2, 0.25) is 0 Å². The third-order valence-corrected chi connectivity index (χ3v) is 5.25. The van der Waals surface area contributed by atoms with Gasteiger partial charge in [-0.15, -0.1) is 0 Å². The highest BCUT2D eigenvalue weighted by Gasteiger charge is 2.18. The normalized spacial score (nSPS) is 10.8. The van der Waals surface area contributed by atoms with Gasteiger partial charge in [-0.25, -0.2) is 0 Å². The van der Waals surface area contributed by atoms with Gasteiger partial charge in [0.05, 0.1) is 18.8 Å². The average Bonchev–Trinajstić information content (AvgIpc) is 2.71. The summed E-state index contributed by atoms with van der Waals surface area (Å²) in [5, 5.41) is 8.78. The summed E-state index contributed by atoms with van der Waals surface area (Å²) in [5.41, 5.74) is 1.45. The molecule has 0 aromatic heterocycles. The lowest BCUT2D eigenvalue weighted by Gasteiger charge is -2.18. The number of rotatable bonds is 18. The van der Waals surface area contributed by atoms with Crippen molar-refractivity contribution in [3.63, 3.8) is 0 Å². The Bertz CT molecular complexity index is 647. The van der Waals surface area contributed by atoms with E-state index in [0.29, 0.717) is 36.7 Å². The van der Waals surface area contributed by atoms with Crippen LogP contribution < -0.4 is 9.47 Å². The molecule has 0 radical (unpaired) electrons. The molecule has 7 heteroatoms. The molecule has 1 N–H and O–H groups in total. The van der Waals surface area contributed by atoms with Crippen LogP contribution in [0.15, 0.2) is 12.1 Å². The van der Waals surface area contributed by atoms with Crippen molar-refractivity contribution in [3.8, 4) is 11.5 Å². The van der Waals surface area contributed by atoms with Gasteiger partial charge in [0, 0.05) is 25.2 Å². The number of Topliss-reactive ketones (excluding diaryl/α,β-unsaturated/α-hetero) is 1. The average molecular weight is 534 g/mol. The number of carboxylic acid groups (broad SMARTS) is 1. The molecule has 0 bridgehead atoms. The van der Waals surface area contributed by atoms with Gasteiger partial charge in [0.25, 0.3) is 0 Å². The van der Waals surface area contributed by atoms with Crippen molar-refractivity contribution < 1.29 is 28.9 Å². The topological polar surface area (TPSA) is 82.1 Å². The predicted octanol–water partition coefficient (Wildman–Crippen LogP) is 5.48. The summed E-state index contributed by atoms with van der Waals surface area (Å²) in [6.07, 6.45) is 6.15. The second kappa shape index (κ2) is 16.4. The molecular formula is C23H35IO6. The van der Waals surface area contributed by atoms with Crippen LogP contribution in [0.1, 0.15) is 74.7 Å². The number of hydrogen-bond donors (Lipinski definition) is 1. The second-order valence-corrected chi connectivity index (χ2v) is 8.21. The molecule has 0 atom stereocenters. The van der Waals surface area contributed by atoms with E-state index in [1.54, 1.807) is 12.1 Å². The van der Waals surface area contributed by atoms with Crippen LogP contribution in [0.5, 0.6) is 11.5 Å². The molecule has 0 aliphatic carbocycles. The zero-order chi connectivity index (χ0) is 22.2. The number of carbonyl (C=O) groups excluding carboxylic acids is 1. The van der Waals surface area contributed by atoms with Crippen LogP contribution in [0.4, 0.5) is 0 Å². The molecule has 170 valence electrons. The van der Waals surface area contributed by atoms with E-state index in [4.69, 9.17) is 19.3 Å². The summed E-state index contributed by atoms with van der Waals surface area (Å²) in [7, 11) is 0. The Morgan fingerprint density at radius 1 is 0.967 bits per heavy atom. The molecule has 6 nitrogen and oxygen atoms in total. The Hall–Kier alpha value is -1.35. The summed E-state index contributed by atoms with van der Waals surface area (Å²) in [6.45, 7) is 5.95. The van der Waals surface area contributed by atoms with Crippen molar-refractivity contribution >= 4 is 34.3 Å². The van der Waals surface area contributed by atoms with E-state index in [1.165, 1.54) is 13.3 Å². The highest BCUT2D eigenvalue weighted by atomic mass is 127. The number of ketones is 1. The zero-order valence-corrected chi connectivity index (χ0v) is 20.4. The van der Waals surface area contributed by atoms with Crippen LogP contribution in [0, 0.1) is 0 Å². The number of benzene rings is 1. The standard InChI is InChI=1S/C23H35IO6/c1-3-9-20-21(29-17-8-10-22(26)27)12-11-19(18(2)25)23(20)30-16-7-6-15-28-14-5-4-13-24/h11-12H,3-10,13-17H2,1-2H3,(H,26,27). The van der Waals surface area contributed by atoms with Gasteiger partial charge in [-0.3, -0.25) is 9.59 Å². The van der Waals surface area contributed by atoms with Crippen LogP contribution in [-0.2, 0) is 16.0 Å². The zero-order valence-electron chi connectivity index (χ0n) is 18.2. The van der Waals surface area contributed by atoms with Gasteiger partial charge in [-0.2, -0.15) is 0 Å². The first-order valence-electron chi connectivity index (χ1n) is 10.8. The molecule has 0 aliphatic heterocycles. The van der Waals surface area contributed by atoms with Crippen molar-refractivity contribution in [1.82, 2.24) is 0 Å². The SMILES string of the molecule is CCCc1c(OCCCC(=O)O)ccc(C(C)=O)c1OCCCCOCCCCI. The second-order valence-electron chi connectivity index (χ2n) is 7.13. The monoisotopic (exact) mass is 534 g/mol. The third kappa shape index (κ3) is 10.6. The van der Waals surface area contributed by atoms with Gasteiger partial charge < -0.3 is 19.3 Å². The van der Waals surface area contributed by atoms with Gasteiger partial charge >= 0.3 is 5.97 Å². The summed E-state index contributed by atoms with van der Waals surface area (Å²) < 4.78 is 18.7. The predicted molar refractivity (Wildman–Crippen MR) is 126 cm³/mol. The minimum absolute atomic E-state index is 0.0432. The number of carbonyl (C=O) groups is 2. The van der Waals surface area contributed by atoms with E-state index in [9.17, 15) is 9.59 Å². The smallest absolute Gasteiger partial charge is 0.303 e. The lowest BCUT2D eigenvalue weighted by Crippen LogP contribution is -2.10. The summed E-state index contributed by atoms with van der Waals surface area (Å²) in [6, 6.07) is 3.53. The van der Waals surface area contributed by atoms with Gasteiger partial charge in [0.1, 0.15) is 11.5 Å². The lowest BCUT2D eigenvalue weighted by molar-refractivity contribution is -0.137. The first kappa shape index (κ1) is 26.7. The molecule has 0 saturated carbocycles. The molecule has 1 aromatic rings. The highest BCUT2D eigenvalue weighted by molar-refractivity contribution is 14.1. The third-order valence-electron chi connectivity index (χ3n) is 4.49. The Morgan fingerprint density at radius 2 is 1.63 bits per heavy atom. The Labute approximate surface area is 193 Å². The number of hydrogen-bond acceptors (Lipinski definition) is 5. The van der Waals surface area contributed by atoms with Gasteiger partial charge in [-0.1, -0.05) is 35.9 Å². The summed E-state index contributed by atoms with van der Waals surface area (Å²) >= 11 is 2.37. The van der Waals surface area contributed by atoms with Crippen LogP contribution >= 0.6 is 22.6 Å². The number of aliphatic carboxylic acids is 1. The van der Waals surface area contributed by atoms with Crippen LogP contribution in [-0.4, -0.2) is 47.7 Å². The molecular weight excluding hydrogens is 499 g/mol. The Morgan fingerprint density at radius 3 is 2.27 bits per heavy atom. The van der Waals surface area contributed by atoms with Crippen molar-refractivity contribution in [2.45, 2.75) is 65.2 Å². The number of carboxylic acids is 1. The van der Waals surface area contributed by atoms with Crippen molar-refractivity contribution in [1.29, 1.82) is 0 Å². The quantitative estimate of drug-likeness (QED) is 0.116. The lowest BCUT2D eigenvalue weighted by atomic mass is 10.0. The first-order valence-corrected chi connectivity index (χ1v) is 12.3. The van der Waals surface area contributed by atoms with Gasteiger partial charge in [-0.05, 0) is 62.0 Å². The minimum atomic E-state index is -0.836. The number of unbranched alkanes of at least 4 members (excludes halogenated alkanes) is 2. The highest BCUT2D eigenvalue weighted by Crippen LogP contribution is 2.34. The van der Waals surface area contributed by atoms with E-state index in [0.717, 1.165) is 55.3 Å². The number of ether oxygens (including phenoxy) is 3. The van der Waals surface area contributed by atoms with Crippen LogP contribution in [0.25, 0.3) is 0 Å². The van der Waals surface area contributed by atoms with Crippen molar-refractivity contribution in [3.05, 3.63) is 23.3 Å². The molecule has 0 heterocycles. The largest absolute Gasteiger partial charge is 0.493 e. The maximum atomic E-state index is 12.1. The molecule has 0 aliphatic rings. The van der Waals surface area contributed by atoms with E-state index in [-0.39, 0.29) is 12.2 Å². The Kier molecular flexibility index (Phi) is 14.5. The summed E-state index contributed by atoms with van der Waals surface area (Å²) in [4.78, 5) is 22.8. The molecule has 0 amide bonds. The fraction of sp³-hybridized carbons (Fsp3) is 0.652. The number of halogens is 1. The van der Waals surface area contributed by atoms with E-state index in [2.05, 4.69) is 29.5 Å². The van der Waals surface area contributed by atoms with E-state index >= 15 is 0 Å². The molecule has 0 fully saturated rings. The fourth-order valence-electron chi connectivity index (χ4n) is 2.96. The fourth-order valence-corrected chi connectivity index (χ4v) is 3.50. The van der Waals surface area contributed by atoms with Gasteiger partial charge in [0.15, 0.2) is 5.78 Å². The molecule has 1 rings (SSSR count). The summed E-state index contributed by atoms with van der Waals surface area (Å²) in [5.74, 6) is 0.388. The maximum Gasteiger partial charge on any atom is 0.303 e. The van der Waals surface area contributed by atoms with E-state index < -0.39 is 5.97 Å². The first-order chi connectivity index (χ1) is 14.5. The number of alkyl halides is 1. The molecule has 0 saturated heterocycles. The maximum absolute atomic E-state index is 12.1. The molecule has 30 heavy (non-hydrogen) atoms. The van der Waals surface area contributed by atoms with E-state index in [1.807, 2.05) is 0 Å². The van der Waals surface area contributed by atoms with Crippen LogP contribution in [0.3, 0.4) is 0 Å². The molecule has 0 unspecified atom stereocenters. The van der Waals surface area contributed by atoms with Crippen molar-refractivity contribution in [2.75, 3.05) is 30.9 Å². The van der Waals surface area contributed by atoms with Crippen molar-refractivity contribution in [2.24, 2.45) is 0 Å². The molecule has 0 spiro atoms. The van der Waals surface area contributed by atoms with Gasteiger partial charge in [0.2, 0.25) is 0 Å².